The number of allylic oxidation sites excluding steroid dienone is 1. The largest absolute Gasteiger partial charge is 0.288 e. The first-order valence-electron chi connectivity index (χ1n) is 5.34. The number of rotatable bonds is 1. The minimum Gasteiger partial charge on any atom is -0.288 e. The topological polar surface area (TPSA) is 17.1 Å². The molecule has 1 aliphatic heterocycles. The first-order chi connectivity index (χ1) is 8.24. The lowest BCUT2D eigenvalue weighted by Crippen LogP contribution is -1.92. The van der Waals surface area contributed by atoms with E-state index >= 15 is 0 Å². The first-order valence-corrected chi connectivity index (χ1v) is 6.97. The summed E-state index contributed by atoms with van der Waals surface area (Å²) in [4.78, 5) is 16.4. The summed E-state index contributed by atoms with van der Waals surface area (Å²) < 4.78 is 0. The van der Waals surface area contributed by atoms with Crippen molar-refractivity contribution in [1.29, 1.82) is 0 Å². The van der Waals surface area contributed by atoms with E-state index in [0.717, 1.165) is 20.2 Å². The quantitative estimate of drug-likeness (QED) is 0.706. The molecule has 0 saturated carbocycles. The summed E-state index contributed by atoms with van der Waals surface area (Å²) in [5, 5.41) is 0. The number of hydrogen-bond donors (Lipinski definition) is 0. The van der Waals surface area contributed by atoms with E-state index in [1.54, 1.807) is 23.1 Å². The average Bonchev–Trinajstić information content (AvgIpc) is 2.86. The molecule has 0 fully saturated rings. The lowest BCUT2D eigenvalue weighted by molar-refractivity contribution is 0.104. The lowest BCUT2D eigenvalue weighted by Gasteiger charge is -1.91. The van der Waals surface area contributed by atoms with Gasteiger partial charge in [-0.1, -0.05) is 23.9 Å². The molecule has 3 heteroatoms. The van der Waals surface area contributed by atoms with Crippen LogP contribution in [0.15, 0.2) is 46.2 Å². The van der Waals surface area contributed by atoms with Crippen LogP contribution in [0.4, 0.5) is 0 Å². The lowest BCUT2D eigenvalue weighted by atomic mass is 10.1. The fourth-order valence-corrected chi connectivity index (χ4v) is 3.73. The molecule has 0 spiro atoms. The molecule has 0 bridgehead atoms. The minimum atomic E-state index is 0.150. The highest BCUT2D eigenvalue weighted by atomic mass is 32.2. The predicted octanol–water partition coefficient (Wildman–Crippen LogP) is 4.39. The normalized spacial score (nSPS) is 16.5. The third-order valence-corrected chi connectivity index (χ3v) is 4.66. The SMILES string of the molecule is Cc1ccc(/C=C2/Sc3ccccc3C2=O)s1. The Labute approximate surface area is 108 Å². The summed E-state index contributed by atoms with van der Waals surface area (Å²) in [7, 11) is 0. The van der Waals surface area contributed by atoms with Crippen molar-refractivity contribution in [3.05, 3.63) is 56.6 Å². The summed E-state index contributed by atoms with van der Waals surface area (Å²) in [6.07, 6.45) is 1.99. The highest BCUT2D eigenvalue weighted by molar-refractivity contribution is 8.04. The number of thiophene rings is 1. The zero-order valence-electron chi connectivity index (χ0n) is 9.27. The van der Waals surface area contributed by atoms with E-state index in [0.29, 0.717) is 0 Å². The molecule has 0 amide bonds. The van der Waals surface area contributed by atoms with Gasteiger partial charge in [-0.25, -0.2) is 0 Å². The Morgan fingerprint density at radius 1 is 1.12 bits per heavy atom. The van der Waals surface area contributed by atoms with Gasteiger partial charge in [0.05, 0.1) is 4.91 Å². The molecule has 2 heterocycles. The van der Waals surface area contributed by atoms with E-state index in [4.69, 9.17) is 0 Å². The third kappa shape index (κ3) is 1.96. The minimum absolute atomic E-state index is 0.150. The number of Topliss-reactive ketones (excluding diaryl/α,β-unsaturated/α-hetero) is 1. The smallest absolute Gasteiger partial charge is 0.200 e. The molecule has 84 valence electrons. The molecular weight excluding hydrogens is 248 g/mol. The van der Waals surface area contributed by atoms with Crippen molar-refractivity contribution in [1.82, 2.24) is 0 Å². The second-order valence-electron chi connectivity index (χ2n) is 3.88. The van der Waals surface area contributed by atoms with Crippen molar-refractivity contribution < 1.29 is 4.79 Å². The van der Waals surface area contributed by atoms with Gasteiger partial charge < -0.3 is 0 Å². The van der Waals surface area contributed by atoms with Crippen molar-refractivity contribution in [2.45, 2.75) is 11.8 Å². The van der Waals surface area contributed by atoms with Crippen molar-refractivity contribution in [2.24, 2.45) is 0 Å². The van der Waals surface area contributed by atoms with Gasteiger partial charge in [0.1, 0.15) is 0 Å². The van der Waals surface area contributed by atoms with E-state index in [2.05, 4.69) is 19.1 Å². The maximum absolute atomic E-state index is 12.1. The van der Waals surface area contributed by atoms with Crippen molar-refractivity contribution in [2.75, 3.05) is 0 Å². The Morgan fingerprint density at radius 2 is 1.94 bits per heavy atom. The van der Waals surface area contributed by atoms with Crippen molar-refractivity contribution in [3.63, 3.8) is 0 Å². The van der Waals surface area contributed by atoms with Crippen LogP contribution in [0.2, 0.25) is 0 Å². The maximum atomic E-state index is 12.1. The summed E-state index contributed by atoms with van der Waals surface area (Å²) >= 11 is 3.28. The molecule has 0 atom stereocenters. The van der Waals surface area contributed by atoms with Gasteiger partial charge in [0, 0.05) is 20.2 Å². The number of carbonyl (C=O) groups excluding carboxylic acids is 1. The number of benzene rings is 1. The Balaban J connectivity index is 1.99. The molecule has 3 rings (SSSR count). The van der Waals surface area contributed by atoms with Gasteiger partial charge in [0.15, 0.2) is 0 Å². The molecule has 0 saturated heterocycles. The summed E-state index contributed by atoms with van der Waals surface area (Å²) in [6.45, 7) is 2.07. The van der Waals surface area contributed by atoms with Crippen LogP contribution in [0.25, 0.3) is 6.08 Å². The molecule has 1 aromatic heterocycles. The van der Waals surface area contributed by atoms with Crippen LogP contribution >= 0.6 is 23.1 Å². The molecule has 0 N–H and O–H groups in total. The number of hydrogen-bond acceptors (Lipinski definition) is 3. The number of fused-ring (bicyclic) bond motifs is 1. The van der Waals surface area contributed by atoms with Crippen LogP contribution in [0.3, 0.4) is 0 Å². The highest BCUT2D eigenvalue weighted by Gasteiger charge is 2.25. The predicted molar refractivity (Wildman–Crippen MR) is 73.7 cm³/mol. The summed E-state index contributed by atoms with van der Waals surface area (Å²) in [5.74, 6) is 0.150. The zero-order valence-corrected chi connectivity index (χ0v) is 10.9. The Hall–Kier alpha value is -1.32. The van der Waals surface area contributed by atoms with Crippen LogP contribution in [0.1, 0.15) is 20.1 Å². The number of carbonyl (C=O) groups is 1. The molecule has 1 aliphatic rings. The maximum Gasteiger partial charge on any atom is 0.200 e. The molecule has 2 aromatic rings. The Kier molecular flexibility index (Phi) is 2.65. The highest BCUT2D eigenvalue weighted by Crippen LogP contribution is 2.40. The molecular formula is C14H10OS2. The van der Waals surface area contributed by atoms with Gasteiger partial charge in [-0.2, -0.15) is 0 Å². The van der Waals surface area contributed by atoms with Gasteiger partial charge in [-0.3, -0.25) is 4.79 Å². The average molecular weight is 258 g/mol. The molecule has 0 unspecified atom stereocenters. The van der Waals surface area contributed by atoms with E-state index < -0.39 is 0 Å². The Morgan fingerprint density at radius 3 is 2.65 bits per heavy atom. The fourth-order valence-electron chi connectivity index (χ4n) is 1.80. The van der Waals surface area contributed by atoms with Crippen LogP contribution in [0.5, 0.6) is 0 Å². The molecule has 1 aromatic carbocycles. The van der Waals surface area contributed by atoms with Gasteiger partial charge >= 0.3 is 0 Å². The Bertz CT molecular complexity index is 623. The van der Waals surface area contributed by atoms with E-state index in [9.17, 15) is 4.79 Å². The third-order valence-electron chi connectivity index (χ3n) is 2.61. The van der Waals surface area contributed by atoms with Crippen LogP contribution in [0, 0.1) is 6.92 Å². The van der Waals surface area contributed by atoms with Crippen molar-refractivity contribution in [3.8, 4) is 0 Å². The first kappa shape index (κ1) is 10.8. The van der Waals surface area contributed by atoms with Crippen molar-refractivity contribution >= 4 is 35.0 Å². The molecule has 1 nitrogen and oxygen atoms in total. The van der Waals surface area contributed by atoms with E-state index in [-0.39, 0.29) is 5.78 Å². The second-order valence-corrected chi connectivity index (χ2v) is 6.29. The number of ketones is 1. The zero-order chi connectivity index (χ0) is 11.8. The van der Waals surface area contributed by atoms with Gasteiger partial charge in [-0.15, -0.1) is 11.3 Å². The van der Waals surface area contributed by atoms with E-state index in [1.165, 1.54) is 4.88 Å². The van der Waals surface area contributed by atoms with Crippen LogP contribution in [-0.2, 0) is 0 Å². The number of aryl methyl sites for hydroxylation is 1. The second kappa shape index (κ2) is 4.17. The van der Waals surface area contributed by atoms with Gasteiger partial charge in [0.2, 0.25) is 5.78 Å². The van der Waals surface area contributed by atoms with Crippen LogP contribution in [-0.4, -0.2) is 5.78 Å². The van der Waals surface area contributed by atoms with Crippen LogP contribution < -0.4 is 0 Å². The van der Waals surface area contributed by atoms with E-state index in [1.807, 2.05) is 30.3 Å². The van der Waals surface area contributed by atoms with Gasteiger partial charge in [-0.05, 0) is 37.3 Å². The molecule has 17 heavy (non-hydrogen) atoms. The monoisotopic (exact) mass is 258 g/mol. The van der Waals surface area contributed by atoms with Gasteiger partial charge in [0.25, 0.3) is 0 Å². The molecule has 0 radical (unpaired) electrons. The molecule has 0 aliphatic carbocycles. The summed E-state index contributed by atoms with van der Waals surface area (Å²) in [5.41, 5.74) is 0.831. The number of thioether (sulfide) groups is 1. The standard InChI is InChI=1S/C14H10OS2/c1-9-6-7-10(16-9)8-13-14(15)11-4-2-3-5-12(11)17-13/h2-8H,1H3/b13-8+. The fraction of sp³-hybridized carbons (Fsp3) is 0.0714. The summed E-state index contributed by atoms with van der Waals surface area (Å²) in [6, 6.07) is 11.9.